The summed E-state index contributed by atoms with van der Waals surface area (Å²) in [4.78, 5) is 32.9. The summed E-state index contributed by atoms with van der Waals surface area (Å²) >= 11 is 8.26. The van der Waals surface area contributed by atoms with Crippen LogP contribution in [0, 0.1) is 6.92 Å². The number of carbonyl (C=O) groups is 2. The summed E-state index contributed by atoms with van der Waals surface area (Å²) in [6.07, 6.45) is 3.39. The molecule has 7 nitrogen and oxygen atoms in total. The van der Waals surface area contributed by atoms with Gasteiger partial charge in [-0.2, -0.15) is 5.10 Å². The Morgan fingerprint density at radius 2 is 1.83 bits per heavy atom. The Labute approximate surface area is 253 Å². The minimum absolute atomic E-state index is 0.159. The van der Waals surface area contributed by atoms with Gasteiger partial charge in [-0.3, -0.25) is 19.5 Å². The fourth-order valence-corrected chi connectivity index (χ4v) is 6.65. The van der Waals surface area contributed by atoms with E-state index < -0.39 is 0 Å². The van der Waals surface area contributed by atoms with Crippen LogP contribution in [0.5, 0.6) is 0 Å². The topological polar surface area (TPSA) is 80.1 Å². The zero-order valence-corrected chi connectivity index (χ0v) is 24.5. The number of pyridine rings is 1. The van der Waals surface area contributed by atoms with Crippen LogP contribution in [-0.2, 0) is 16.1 Å². The third-order valence-electron chi connectivity index (χ3n) is 7.08. The fourth-order valence-electron chi connectivity index (χ4n) is 5.10. The first-order valence-electron chi connectivity index (χ1n) is 13.6. The number of fused-ring (bicyclic) bond motifs is 1. The van der Waals surface area contributed by atoms with E-state index in [4.69, 9.17) is 16.7 Å². The molecule has 3 heterocycles. The van der Waals surface area contributed by atoms with Gasteiger partial charge in [-0.05, 0) is 47.9 Å². The zero-order chi connectivity index (χ0) is 29.1. The molecule has 2 amide bonds. The van der Waals surface area contributed by atoms with Gasteiger partial charge in [-0.15, -0.1) is 11.8 Å². The summed E-state index contributed by atoms with van der Waals surface area (Å²) < 4.78 is 1.80. The number of hydrogen-bond acceptors (Lipinski definition) is 5. The minimum atomic E-state index is -0.296. The number of nitrogens with zero attached hydrogens (tertiary/aromatic N) is 4. The van der Waals surface area contributed by atoms with Gasteiger partial charge in [-0.25, -0.2) is 4.68 Å². The van der Waals surface area contributed by atoms with E-state index in [1.807, 2.05) is 97.9 Å². The number of nitrogens with one attached hydrogen (secondary N) is 1. The van der Waals surface area contributed by atoms with E-state index in [0.29, 0.717) is 17.4 Å². The van der Waals surface area contributed by atoms with Gasteiger partial charge in [0, 0.05) is 35.1 Å². The van der Waals surface area contributed by atoms with Crippen molar-refractivity contribution in [3.05, 3.63) is 131 Å². The molecule has 0 spiro atoms. The van der Waals surface area contributed by atoms with Crippen LogP contribution in [0.4, 0.5) is 5.82 Å². The lowest BCUT2D eigenvalue weighted by molar-refractivity contribution is -0.123. The lowest BCUT2D eigenvalue weighted by Crippen LogP contribution is -2.42. The average molecular weight is 594 g/mol. The van der Waals surface area contributed by atoms with Crippen molar-refractivity contribution < 1.29 is 9.59 Å². The maximum atomic E-state index is 13.9. The highest BCUT2D eigenvalue weighted by Crippen LogP contribution is 2.49. The Balaban J connectivity index is 1.53. The molecule has 0 saturated heterocycles. The third kappa shape index (κ3) is 5.68. The Morgan fingerprint density at radius 3 is 2.60 bits per heavy atom. The molecule has 1 aliphatic heterocycles. The number of aryl methyl sites for hydroxylation is 1. The molecular weight excluding hydrogens is 566 g/mol. The predicted octanol–water partition coefficient (Wildman–Crippen LogP) is 6.38. The van der Waals surface area contributed by atoms with E-state index >= 15 is 0 Å². The molecule has 1 atom stereocenters. The second-order valence-corrected chi connectivity index (χ2v) is 11.5. The second-order valence-electron chi connectivity index (χ2n) is 10.0. The van der Waals surface area contributed by atoms with E-state index in [9.17, 15) is 9.59 Å². The second kappa shape index (κ2) is 12.2. The number of thioether (sulfide) groups is 1. The molecule has 1 N–H and O–H groups in total. The summed E-state index contributed by atoms with van der Waals surface area (Å²) in [5, 5.41) is 8.39. The largest absolute Gasteiger partial charge is 0.350 e. The van der Waals surface area contributed by atoms with Gasteiger partial charge >= 0.3 is 0 Å². The van der Waals surface area contributed by atoms with Crippen LogP contribution in [0.15, 0.2) is 103 Å². The van der Waals surface area contributed by atoms with E-state index in [1.165, 1.54) is 11.8 Å². The fraction of sp³-hybridized carbons (Fsp3) is 0.152. The molecule has 1 aliphatic rings. The highest BCUT2D eigenvalue weighted by atomic mass is 35.5. The summed E-state index contributed by atoms with van der Waals surface area (Å²) in [5.41, 5.74) is 6.10. The van der Waals surface area contributed by atoms with Crippen LogP contribution in [0.3, 0.4) is 0 Å². The Hall–Kier alpha value is -4.40. The van der Waals surface area contributed by atoms with Gasteiger partial charge in [0.05, 0.1) is 22.4 Å². The number of carbonyl (C=O) groups excluding carboxylic acids is 2. The summed E-state index contributed by atoms with van der Waals surface area (Å²) in [5.74, 6) is 0.275. The molecule has 2 aromatic heterocycles. The number of anilines is 1. The van der Waals surface area contributed by atoms with Crippen molar-refractivity contribution >= 4 is 41.0 Å². The van der Waals surface area contributed by atoms with Crippen LogP contribution in [0.25, 0.3) is 16.9 Å². The Bertz CT molecular complexity index is 1740. The molecule has 0 aliphatic carbocycles. The first kappa shape index (κ1) is 27.8. The number of benzene rings is 3. The van der Waals surface area contributed by atoms with Gasteiger partial charge < -0.3 is 5.32 Å². The molecule has 42 heavy (non-hydrogen) atoms. The van der Waals surface area contributed by atoms with Crippen molar-refractivity contribution in [3.8, 4) is 16.9 Å². The highest BCUT2D eigenvalue weighted by Gasteiger charge is 2.38. The van der Waals surface area contributed by atoms with E-state index in [2.05, 4.69) is 10.3 Å². The van der Waals surface area contributed by atoms with Gasteiger partial charge in [0.2, 0.25) is 11.8 Å². The van der Waals surface area contributed by atoms with Crippen LogP contribution < -0.4 is 10.2 Å². The lowest BCUT2D eigenvalue weighted by Gasteiger charge is -2.23. The lowest BCUT2D eigenvalue weighted by atomic mass is 9.99. The van der Waals surface area contributed by atoms with Crippen LogP contribution in [-0.4, -0.2) is 38.9 Å². The maximum Gasteiger partial charge on any atom is 0.240 e. The van der Waals surface area contributed by atoms with Crippen molar-refractivity contribution in [3.63, 3.8) is 0 Å². The number of hydrogen-bond donors (Lipinski definition) is 1. The maximum absolute atomic E-state index is 13.9. The Morgan fingerprint density at radius 1 is 1.02 bits per heavy atom. The molecule has 6 rings (SSSR count). The summed E-state index contributed by atoms with van der Waals surface area (Å²) in [7, 11) is 0. The normalized spacial score (nSPS) is 14.8. The number of amides is 2. The van der Waals surface area contributed by atoms with Crippen LogP contribution in [0.1, 0.15) is 27.5 Å². The number of aromatic nitrogens is 3. The van der Waals surface area contributed by atoms with Gasteiger partial charge in [0.1, 0.15) is 12.4 Å². The van der Waals surface area contributed by atoms with E-state index in [-0.39, 0.29) is 29.4 Å². The van der Waals surface area contributed by atoms with Crippen molar-refractivity contribution in [2.24, 2.45) is 0 Å². The van der Waals surface area contributed by atoms with Crippen molar-refractivity contribution in [1.29, 1.82) is 0 Å². The van der Waals surface area contributed by atoms with Gasteiger partial charge in [0.15, 0.2) is 0 Å². The van der Waals surface area contributed by atoms with Crippen molar-refractivity contribution in [2.75, 3.05) is 17.2 Å². The number of rotatable bonds is 7. The smallest absolute Gasteiger partial charge is 0.240 e. The molecule has 210 valence electrons. The van der Waals surface area contributed by atoms with Gasteiger partial charge in [0.25, 0.3) is 0 Å². The summed E-state index contributed by atoms with van der Waals surface area (Å²) in [6.45, 7) is 2.17. The molecular formula is C33H28ClN5O2S. The third-order valence-corrected chi connectivity index (χ3v) is 8.67. The van der Waals surface area contributed by atoms with Crippen LogP contribution in [0.2, 0.25) is 5.02 Å². The van der Waals surface area contributed by atoms with Crippen LogP contribution >= 0.6 is 23.4 Å². The van der Waals surface area contributed by atoms with Crippen molar-refractivity contribution in [1.82, 2.24) is 20.1 Å². The molecule has 1 unspecified atom stereocenters. The van der Waals surface area contributed by atoms with Gasteiger partial charge in [-0.1, -0.05) is 78.3 Å². The molecule has 3 aromatic carbocycles. The molecule has 9 heteroatoms. The molecule has 0 bridgehead atoms. The Kier molecular flexibility index (Phi) is 8.08. The quantitative estimate of drug-likeness (QED) is 0.237. The standard InChI is InChI=1S/C33H28ClN5O2S/c1-22-9-7-13-25(17-22)39-33-30(31(37-39)24-11-3-2-4-12-24)32(26-14-5-6-15-27(26)34)42-21-29(41)38(33)20-28(40)36-19-23-10-8-16-35-18-23/h2-18,32H,19-21H2,1H3,(H,36,40). The number of halogens is 1. The minimum Gasteiger partial charge on any atom is -0.350 e. The van der Waals surface area contributed by atoms with E-state index in [0.717, 1.165) is 39.2 Å². The zero-order valence-electron chi connectivity index (χ0n) is 22.9. The molecule has 0 radical (unpaired) electrons. The predicted molar refractivity (Wildman–Crippen MR) is 168 cm³/mol. The average Bonchev–Trinajstić information content (AvgIpc) is 3.34. The monoisotopic (exact) mass is 593 g/mol. The first-order valence-corrected chi connectivity index (χ1v) is 15.0. The highest BCUT2D eigenvalue weighted by molar-refractivity contribution is 8.00. The molecule has 5 aromatic rings. The van der Waals surface area contributed by atoms with Crippen molar-refractivity contribution in [2.45, 2.75) is 18.7 Å². The first-order chi connectivity index (χ1) is 20.5. The summed E-state index contributed by atoms with van der Waals surface area (Å²) in [6, 6.07) is 29.3. The molecule has 0 saturated carbocycles. The van der Waals surface area contributed by atoms with E-state index in [1.54, 1.807) is 22.0 Å². The molecule has 0 fully saturated rings. The SMILES string of the molecule is Cc1cccc(-n2nc(-c3ccccc3)c3c2N(CC(=O)NCc2cccnc2)C(=O)CSC3c2ccccc2Cl)c1.